The van der Waals surface area contributed by atoms with E-state index in [9.17, 15) is 0 Å². The van der Waals surface area contributed by atoms with E-state index in [2.05, 4.69) is 68.1 Å². The number of halogens is 1. The van der Waals surface area contributed by atoms with Crippen LogP contribution in [0.1, 0.15) is 11.1 Å². The SMILES string of the molecule is BrCc1cn(Cc2ccncc2)c2ccccc12. The van der Waals surface area contributed by atoms with Gasteiger partial charge in [-0.25, -0.2) is 0 Å². The fraction of sp³-hybridized carbons (Fsp3) is 0.133. The first-order chi connectivity index (χ1) is 8.88. The smallest absolute Gasteiger partial charge is 0.0486 e. The fourth-order valence-corrected chi connectivity index (χ4v) is 2.69. The lowest BCUT2D eigenvalue weighted by molar-refractivity contribution is 0.832. The molecule has 0 bridgehead atoms. The van der Waals surface area contributed by atoms with E-state index in [-0.39, 0.29) is 0 Å². The average Bonchev–Trinajstić information content (AvgIpc) is 2.78. The van der Waals surface area contributed by atoms with Crippen molar-refractivity contribution >= 4 is 26.8 Å². The summed E-state index contributed by atoms with van der Waals surface area (Å²) in [6.45, 7) is 0.885. The van der Waals surface area contributed by atoms with Crippen molar-refractivity contribution in [3.8, 4) is 0 Å². The predicted molar refractivity (Wildman–Crippen MR) is 77.9 cm³/mol. The van der Waals surface area contributed by atoms with Crippen molar-refractivity contribution < 1.29 is 0 Å². The van der Waals surface area contributed by atoms with Crippen molar-refractivity contribution in [3.05, 3.63) is 66.1 Å². The Balaban J connectivity index is 2.07. The Hall–Kier alpha value is -1.61. The van der Waals surface area contributed by atoms with Crippen molar-refractivity contribution in [2.24, 2.45) is 0 Å². The lowest BCUT2D eigenvalue weighted by atomic mass is 10.2. The minimum Gasteiger partial charge on any atom is -0.343 e. The normalized spacial score (nSPS) is 10.9. The standard InChI is InChI=1S/C15H13BrN2/c16-9-13-11-18(10-12-5-7-17-8-6-12)15-4-2-1-3-14(13)15/h1-8,11H,9-10H2. The zero-order chi connectivity index (χ0) is 12.4. The van der Waals surface area contributed by atoms with Crippen LogP contribution in [0.4, 0.5) is 0 Å². The number of nitrogens with zero attached hydrogens (tertiary/aromatic N) is 2. The number of benzene rings is 1. The topological polar surface area (TPSA) is 17.8 Å². The van der Waals surface area contributed by atoms with E-state index in [0.29, 0.717) is 0 Å². The van der Waals surface area contributed by atoms with E-state index < -0.39 is 0 Å². The van der Waals surface area contributed by atoms with Crippen LogP contribution in [0, 0.1) is 0 Å². The van der Waals surface area contributed by atoms with Crippen LogP contribution in [-0.2, 0) is 11.9 Å². The number of para-hydroxylation sites is 1. The van der Waals surface area contributed by atoms with Gasteiger partial charge >= 0.3 is 0 Å². The number of rotatable bonds is 3. The van der Waals surface area contributed by atoms with Gasteiger partial charge in [-0.2, -0.15) is 0 Å². The Morgan fingerprint density at radius 2 is 1.83 bits per heavy atom. The number of aromatic nitrogens is 2. The summed E-state index contributed by atoms with van der Waals surface area (Å²) in [6, 6.07) is 12.6. The second-order valence-electron chi connectivity index (χ2n) is 4.29. The molecule has 0 N–H and O–H groups in total. The Kier molecular flexibility index (Phi) is 3.15. The summed E-state index contributed by atoms with van der Waals surface area (Å²) in [7, 11) is 0. The summed E-state index contributed by atoms with van der Waals surface area (Å²) in [5.74, 6) is 0. The first-order valence-corrected chi connectivity index (χ1v) is 7.02. The van der Waals surface area contributed by atoms with Gasteiger partial charge in [-0.1, -0.05) is 34.1 Å². The molecule has 3 aromatic rings. The highest BCUT2D eigenvalue weighted by molar-refractivity contribution is 9.08. The third-order valence-corrected chi connectivity index (χ3v) is 3.72. The molecule has 0 saturated heterocycles. The van der Waals surface area contributed by atoms with Gasteiger partial charge in [0.2, 0.25) is 0 Å². The van der Waals surface area contributed by atoms with E-state index in [1.165, 1.54) is 22.0 Å². The highest BCUT2D eigenvalue weighted by Gasteiger charge is 2.06. The van der Waals surface area contributed by atoms with E-state index in [1.54, 1.807) is 0 Å². The molecule has 0 spiro atoms. The molecule has 2 heterocycles. The second kappa shape index (κ2) is 4.94. The second-order valence-corrected chi connectivity index (χ2v) is 4.85. The van der Waals surface area contributed by atoms with Crippen LogP contribution < -0.4 is 0 Å². The Morgan fingerprint density at radius 3 is 2.61 bits per heavy atom. The number of pyridine rings is 1. The number of alkyl halides is 1. The van der Waals surface area contributed by atoms with Crippen LogP contribution in [0.5, 0.6) is 0 Å². The molecule has 2 nitrogen and oxygen atoms in total. The van der Waals surface area contributed by atoms with Gasteiger partial charge in [-0.15, -0.1) is 0 Å². The van der Waals surface area contributed by atoms with Crippen LogP contribution in [0.25, 0.3) is 10.9 Å². The Labute approximate surface area is 114 Å². The molecule has 0 aliphatic carbocycles. The van der Waals surface area contributed by atoms with Crippen molar-refractivity contribution in [1.82, 2.24) is 9.55 Å². The summed E-state index contributed by atoms with van der Waals surface area (Å²) in [5.41, 5.74) is 3.88. The number of hydrogen-bond donors (Lipinski definition) is 0. The maximum atomic E-state index is 4.05. The third-order valence-electron chi connectivity index (χ3n) is 3.12. The predicted octanol–water partition coefficient (Wildman–Crippen LogP) is 3.98. The van der Waals surface area contributed by atoms with E-state index >= 15 is 0 Å². The minimum atomic E-state index is 0.885. The van der Waals surface area contributed by atoms with E-state index in [0.717, 1.165) is 11.9 Å². The maximum Gasteiger partial charge on any atom is 0.0486 e. The molecule has 18 heavy (non-hydrogen) atoms. The van der Waals surface area contributed by atoms with Crippen molar-refractivity contribution in [3.63, 3.8) is 0 Å². The zero-order valence-corrected chi connectivity index (χ0v) is 11.5. The Morgan fingerprint density at radius 1 is 1.06 bits per heavy atom. The number of fused-ring (bicyclic) bond motifs is 1. The quantitative estimate of drug-likeness (QED) is 0.669. The van der Waals surface area contributed by atoms with Gasteiger partial charge in [0, 0.05) is 41.4 Å². The molecule has 90 valence electrons. The molecule has 0 fully saturated rings. The van der Waals surface area contributed by atoms with Gasteiger partial charge in [0.25, 0.3) is 0 Å². The molecule has 0 unspecified atom stereocenters. The van der Waals surface area contributed by atoms with Crippen LogP contribution in [-0.4, -0.2) is 9.55 Å². The lowest BCUT2D eigenvalue weighted by Gasteiger charge is -2.04. The molecule has 2 aromatic heterocycles. The van der Waals surface area contributed by atoms with E-state index in [1.807, 2.05) is 12.4 Å². The molecular weight excluding hydrogens is 288 g/mol. The molecule has 1 aromatic carbocycles. The first kappa shape index (κ1) is 11.5. The zero-order valence-electron chi connectivity index (χ0n) is 9.88. The molecule has 3 heteroatoms. The van der Waals surface area contributed by atoms with Crippen LogP contribution in [0.2, 0.25) is 0 Å². The van der Waals surface area contributed by atoms with Gasteiger partial charge in [0.15, 0.2) is 0 Å². The summed E-state index contributed by atoms with van der Waals surface area (Å²) in [4.78, 5) is 4.05. The maximum absolute atomic E-state index is 4.05. The third kappa shape index (κ3) is 2.06. The van der Waals surface area contributed by atoms with Crippen molar-refractivity contribution in [2.75, 3.05) is 0 Å². The van der Waals surface area contributed by atoms with Crippen LogP contribution >= 0.6 is 15.9 Å². The van der Waals surface area contributed by atoms with Gasteiger partial charge in [-0.05, 0) is 29.3 Å². The molecule has 0 amide bonds. The highest BCUT2D eigenvalue weighted by atomic mass is 79.9. The summed E-state index contributed by atoms with van der Waals surface area (Å²) >= 11 is 3.55. The lowest BCUT2D eigenvalue weighted by Crippen LogP contribution is -1.97. The van der Waals surface area contributed by atoms with Gasteiger partial charge in [0.1, 0.15) is 0 Å². The summed E-state index contributed by atoms with van der Waals surface area (Å²) in [6.07, 6.45) is 5.90. The van der Waals surface area contributed by atoms with E-state index in [4.69, 9.17) is 0 Å². The largest absolute Gasteiger partial charge is 0.343 e. The van der Waals surface area contributed by atoms with Gasteiger partial charge < -0.3 is 4.57 Å². The average molecular weight is 301 g/mol. The molecule has 0 aliphatic rings. The summed E-state index contributed by atoms with van der Waals surface area (Å²) in [5, 5.41) is 2.21. The molecule has 0 atom stereocenters. The van der Waals surface area contributed by atoms with Gasteiger partial charge in [0.05, 0.1) is 0 Å². The highest BCUT2D eigenvalue weighted by Crippen LogP contribution is 2.23. The summed E-state index contributed by atoms with van der Waals surface area (Å²) < 4.78 is 2.29. The first-order valence-electron chi connectivity index (χ1n) is 5.90. The molecule has 0 aliphatic heterocycles. The molecule has 0 radical (unpaired) electrons. The van der Waals surface area contributed by atoms with Gasteiger partial charge in [-0.3, -0.25) is 4.98 Å². The molecule has 3 rings (SSSR count). The number of hydrogen-bond acceptors (Lipinski definition) is 1. The van der Waals surface area contributed by atoms with Crippen LogP contribution in [0.15, 0.2) is 55.0 Å². The van der Waals surface area contributed by atoms with Crippen molar-refractivity contribution in [2.45, 2.75) is 11.9 Å². The molecule has 0 saturated carbocycles. The van der Waals surface area contributed by atoms with Crippen LogP contribution in [0.3, 0.4) is 0 Å². The van der Waals surface area contributed by atoms with Crippen molar-refractivity contribution in [1.29, 1.82) is 0 Å². The Bertz CT molecular complexity index is 659. The molecular formula is C15H13BrN2. The fourth-order valence-electron chi connectivity index (χ4n) is 2.25. The monoisotopic (exact) mass is 300 g/mol. The minimum absolute atomic E-state index is 0.885.